The fourth-order valence-corrected chi connectivity index (χ4v) is 4.87. The summed E-state index contributed by atoms with van der Waals surface area (Å²) in [7, 11) is -3.69. The second kappa shape index (κ2) is 10.0. The van der Waals surface area contributed by atoms with Crippen LogP contribution in [0.4, 0.5) is 18.9 Å². The van der Waals surface area contributed by atoms with E-state index in [4.69, 9.17) is 0 Å². The summed E-state index contributed by atoms with van der Waals surface area (Å²) in [5, 5.41) is 0. The Hall–Kier alpha value is -2.10. The highest BCUT2D eigenvalue weighted by molar-refractivity contribution is 7.88. The Balaban J connectivity index is 1.40. The highest BCUT2D eigenvalue weighted by Gasteiger charge is 2.30. The number of aryl methyl sites for hydroxylation is 1. The normalized spacial score (nSPS) is 15.9. The number of rotatable bonds is 8. The van der Waals surface area contributed by atoms with E-state index in [2.05, 4.69) is 45.7 Å². The van der Waals surface area contributed by atoms with Gasteiger partial charge in [0.2, 0.25) is 10.0 Å². The molecule has 1 N–H and O–H groups in total. The molecule has 0 spiro atoms. The van der Waals surface area contributed by atoms with Crippen molar-refractivity contribution in [3.8, 4) is 0 Å². The van der Waals surface area contributed by atoms with Gasteiger partial charge in [-0.3, -0.25) is 4.90 Å². The minimum Gasteiger partial charge on any atom is -0.369 e. The molecule has 2 aromatic rings. The van der Waals surface area contributed by atoms with Gasteiger partial charge in [0, 0.05) is 38.4 Å². The molecule has 5 nitrogen and oxygen atoms in total. The second-order valence-electron chi connectivity index (χ2n) is 7.87. The van der Waals surface area contributed by atoms with Crippen molar-refractivity contribution in [2.45, 2.75) is 25.3 Å². The molecule has 0 atom stereocenters. The van der Waals surface area contributed by atoms with Crippen molar-refractivity contribution < 1.29 is 21.6 Å². The summed E-state index contributed by atoms with van der Waals surface area (Å²) in [6.07, 6.45) is -3.84. The summed E-state index contributed by atoms with van der Waals surface area (Å²) in [6, 6.07) is 12.9. The third kappa shape index (κ3) is 7.22. The molecule has 0 amide bonds. The number of halogens is 3. The number of nitrogens with one attached hydrogen (secondary N) is 1. The van der Waals surface area contributed by atoms with Crippen LogP contribution in [0.5, 0.6) is 0 Å². The van der Waals surface area contributed by atoms with Crippen molar-refractivity contribution in [2.24, 2.45) is 0 Å². The van der Waals surface area contributed by atoms with Crippen molar-refractivity contribution in [1.82, 2.24) is 9.62 Å². The SMILES string of the molecule is Cc1cccc(N2CCN(CCCNS(=O)(=O)Cc3cccc(C(F)(F)F)c3)CC2)c1. The van der Waals surface area contributed by atoms with Crippen molar-refractivity contribution in [3.05, 3.63) is 65.2 Å². The van der Waals surface area contributed by atoms with Crippen LogP contribution in [-0.2, 0) is 22.0 Å². The average molecular weight is 456 g/mol. The van der Waals surface area contributed by atoms with Gasteiger partial charge in [0.15, 0.2) is 0 Å². The fourth-order valence-electron chi connectivity index (χ4n) is 3.69. The average Bonchev–Trinajstić information content (AvgIpc) is 2.71. The topological polar surface area (TPSA) is 52.6 Å². The molecule has 0 radical (unpaired) electrons. The zero-order valence-corrected chi connectivity index (χ0v) is 18.3. The number of hydrogen-bond donors (Lipinski definition) is 1. The smallest absolute Gasteiger partial charge is 0.369 e. The van der Waals surface area contributed by atoms with Crippen molar-refractivity contribution in [3.63, 3.8) is 0 Å². The summed E-state index contributed by atoms with van der Waals surface area (Å²) >= 11 is 0. The van der Waals surface area contributed by atoms with E-state index in [0.29, 0.717) is 6.42 Å². The standard InChI is InChI=1S/C22H28F3N3O2S/c1-18-5-2-8-21(15-18)28-13-11-27(12-14-28)10-4-9-26-31(29,30)17-19-6-3-7-20(16-19)22(23,24)25/h2-3,5-8,15-16,26H,4,9-14,17H2,1H3. The maximum absolute atomic E-state index is 12.8. The summed E-state index contributed by atoms with van der Waals surface area (Å²) < 4.78 is 65.3. The van der Waals surface area contributed by atoms with Crippen molar-refractivity contribution in [1.29, 1.82) is 0 Å². The number of hydrogen-bond acceptors (Lipinski definition) is 4. The number of alkyl halides is 3. The Bertz CT molecular complexity index is 972. The van der Waals surface area contributed by atoms with E-state index in [1.54, 1.807) is 0 Å². The van der Waals surface area contributed by atoms with Crippen molar-refractivity contribution >= 4 is 15.7 Å². The van der Waals surface area contributed by atoms with Crippen LogP contribution in [-0.4, -0.2) is 52.6 Å². The number of piperazine rings is 1. The predicted octanol–water partition coefficient (Wildman–Crippen LogP) is 3.65. The minimum absolute atomic E-state index is 0.120. The minimum atomic E-state index is -4.49. The van der Waals surface area contributed by atoms with Gasteiger partial charge < -0.3 is 4.90 Å². The van der Waals surface area contributed by atoms with E-state index >= 15 is 0 Å². The molecule has 1 saturated heterocycles. The van der Waals surface area contributed by atoms with Gasteiger partial charge in [-0.15, -0.1) is 0 Å². The van der Waals surface area contributed by atoms with Gasteiger partial charge in [-0.25, -0.2) is 13.1 Å². The molecule has 1 fully saturated rings. The molecule has 2 aromatic carbocycles. The van der Waals surface area contributed by atoms with Crippen LogP contribution in [0.25, 0.3) is 0 Å². The van der Waals surface area contributed by atoms with Gasteiger partial charge in [0.05, 0.1) is 11.3 Å². The van der Waals surface area contributed by atoms with E-state index in [0.717, 1.165) is 44.9 Å². The lowest BCUT2D eigenvalue weighted by molar-refractivity contribution is -0.137. The Labute approximate surface area is 181 Å². The zero-order chi connectivity index (χ0) is 22.5. The molecule has 0 bridgehead atoms. The molecule has 3 rings (SSSR count). The summed E-state index contributed by atoms with van der Waals surface area (Å²) in [6.45, 7) is 6.77. The molecular weight excluding hydrogens is 427 g/mol. The largest absolute Gasteiger partial charge is 0.416 e. The van der Waals surface area contributed by atoms with E-state index in [1.165, 1.54) is 23.4 Å². The lowest BCUT2D eigenvalue weighted by Gasteiger charge is -2.36. The van der Waals surface area contributed by atoms with Crippen LogP contribution in [0.3, 0.4) is 0 Å². The van der Waals surface area contributed by atoms with Crippen molar-refractivity contribution in [2.75, 3.05) is 44.2 Å². The first-order valence-electron chi connectivity index (χ1n) is 10.3. The molecule has 0 aromatic heterocycles. The van der Waals surface area contributed by atoms with Gasteiger partial charge in [-0.05, 0) is 49.2 Å². The number of benzene rings is 2. The Kier molecular flexibility index (Phi) is 7.61. The monoisotopic (exact) mass is 455 g/mol. The van der Waals surface area contributed by atoms with Gasteiger partial charge in [0.25, 0.3) is 0 Å². The van der Waals surface area contributed by atoms with Gasteiger partial charge in [-0.1, -0.05) is 30.3 Å². The molecule has 9 heteroatoms. The molecule has 1 aliphatic heterocycles. The second-order valence-corrected chi connectivity index (χ2v) is 9.68. The van der Waals surface area contributed by atoms with E-state index in [-0.39, 0.29) is 12.1 Å². The number of anilines is 1. The van der Waals surface area contributed by atoms with Gasteiger partial charge in [-0.2, -0.15) is 13.2 Å². The number of sulfonamides is 1. The first kappa shape index (κ1) is 23.6. The third-order valence-electron chi connectivity index (χ3n) is 5.32. The van der Waals surface area contributed by atoms with Crippen LogP contribution in [0.15, 0.2) is 48.5 Å². The predicted molar refractivity (Wildman–Crippen MR) is 117 cm³/mol. The first-order valence-corrected chi connectivity index (χ1v) is 11.9. The number of nitrogens with zero attached hydrogens (tertiary/aromatic N) is 2. The molecule has 1 heterocycles. The third-order valence-corrected chi connectivity index (χ3v) is 6.68. The maximum atomic E-state index is 12.8. The van der Waals surface area contributed by atoms with Gasteiger partial charge in [0.1, 0.15) is 0 Å². The molecule has 0 saturated carbocycles. The maximum Gasteiger partial charge on any atom is 0.416 e. The molecule has 1 aliphatic rings. The Morgan fingerprint density at radius 1 is 1.00 bits per heavy atom. The summed E-state index contributed by atoms with van der Waals surface area (Å²) in [5.74, 6) is -0.466. The van der Waals surface area contributed by atoms with Crippen LogP contribution in [0.2, 0.25) is 0 Å². The highest BCUT2D eigenvalue weighted by atomic mass is 32.2. The quantitative estimate of drug-likeness (QED) is 0.618. The van der Waals surface area contributed by atoms with Crippen LogP contribution < -0.4 is 9.62 Å². The van der Waals surface area contributed by atoms with Crippen LogP contribution in [0, 0.1) is 6.92 Å². The Morgan fingerprint density at radius 3 is 2.39 bits per heavy atom. The first-order chi connectivity index (χ1) is 14.6. The van der Waals surface area contributed by atoms with E-state index in [9.17, 15) is 21.6 Å². The van der Waals surface area contributed by atoms with Crippen LogP contribution in [0.1, 0.15) is 23.1 Å². The van der Waals surface area contributed by atoms with Gasteiger partial charge >= 0.3 is 6.18 Å². The highest BCUT2D eigenvalue weighted by Crippen LogP contribution is 2.29. The molecule has 0 aliphatic carbocycles. The Morgan fingerprint density at radius 2 is 1.71 bits per heavy atom. The fraction of sp³-hybridized carbons (Fsp3) is 0.455. The lowest BCUT2D eigenvalue weighted by atomic mass is 10.1. The molecular formula is C22H28F3N3O2S. The van der Waals surface area contributed by atoms with E-state index in [1.807, 2.05) is 0 Å². The lowest BCUT2D eigenvalue weighted by Crippen LogP contribution is -2.47. The molecule has 0 unspecified atom stereocenters. The summed E-state index contributed by atoms with van der Waals surface area (Å²) in [5.41, 5.74) is 1.74. The van der Waals surface area contributed by atoms with Crippen LogP contribution >= 0.6 is 0 Å². The molecule has 170 valence electrons. The van der Waals surface area contributed by atoms with E-state index < -0.39 is 27.5 Å². The summed E-state index contributed by atoms with van der Waals surface area (Å²) in [4.78, 5) is 4.65. The molecule has 31 heavy (non-hydrogen) atoms. The zero-order valence-electron chi connectivity index (χ0n) is 17.5.